The first-order valence-corrected chi connectivity index (χ1v) is 6.64. The van der Waals surface area contributed by atoms with Gasteiger partial charge in [-0.05, 0) is 49.0 Å². The van der Waals surface area contributed by atoms with E-state index >= 15 is 0 Å². The molecule has 1 N–H and O–H groups in total. The van der Waals surface area contributed by atoms with Crippen molar-refractivity contribution < 1.29 is 4.39 Å². The van der Waals surface area contributed by atoms with Crippen LogP contribution in [-0.4, -0.2) is 24.0 Å². The van der Waals surface area contributed by atoms with Gasteiger partial charge in [0.05, 0.1) is 0 Å². The van der Waals surface area contributed by atoms with Gasteiger partial charge in [-0.25, -0.2) is 4.39 Å². The first-order chi connectivity index (χ1) is 9.63. The Morgan fingerprint density at radius 1 is 1.00 bits per heavy atom. The fraction of sp³-hybridized carbons (Fsp3) is 0.176. The molecule has 20 heavy (non-hydrogen) atoms. The van der Waals surface area contributed by atoms with Gasteiger partial charge in [0.2, 0.25) is 0 Å². The van der Waals surface area contributed by atoms with Gasteiger partial charge in [0.25, 0.3) is 0 Å². The summed E-state index contributed by atoms with van der Waals surface area (Å²) in [5, 5.41) is 1.24. The number of benzene rings is 2. The van der Waals surface area contributed by atoms with Crippen LogP contribution in [0.5, 0.6) is 0 Å². The Balaban J connectivity index is 2.01. The molecule has 0 saturated carbocycles. The summed E-state index contributed by atoms with van der Waals surface area (Å²) in [7, 11) is 4.12. The maximum Gasteiger partial charge on any atom is 0.123 e. The molecule has 0 aliphatic carbocycles. The van der Waals surface area contributed by atoms with Crippen LogP contribution in [0.3, 0.4) is 0 Å². The van der Waals surface area contributed by atoms with Crippen molar-refractivity contribution in [2.45, 2.75) is 6.54 Å². The van der Waals surface area contributed by atoms with Crippen LogP contribution < -0.4 is 0 Å². The summed E-state index contributed by atoms with van der Waals surface area (Å²) in [6.07, 6.45) is 2.05. The molecule has 1 aromatic heterocycles. The lowest BCUT2D eigenvalue weighted by atomic mass is 10.0. The van der Waals surface area contributed by atoms with Gasteiger partial charge in [-0.2, -0.15) is 0 Å². The van der Waals surface area contributed by atoms with Crippen LogP contribution in [0.25, 0.3) is 22.0 Å². The minimum Gasteiger partial charge on any atom is -0.361 e. The lowest BCUT2D eigenvalue weighted by Gasteiger charge is -2.08. The van der Waals surface area contributed by atoms with E-state index in [1.54, 1.807) is 12.1 Å². The van der Waals surface area contributed by atoms with Gasteiger partial charge < -0.3 is 9.88 Å². The topological polar surface area (TPSA) is 19.0 Å². The first kappa shape index (κ1) is 12.9. The lowest BCUT2D eigenvalue weighted by molar-refractivity contribution is 0.404. The molecule has 1 heterocycles. The van der Waals surface area contributed by atoms with E-state index in [9.17, 15) is 4.39 Å². The zero-order valence-corrected chi connectivity index (χ0v) is 11.7. The number of hydrogen-bond donors (Lipinski definition) is 1. The molecule has 0 atom stereocenters. The molecular weight excluding hydrogens is 251 g/mol. The first-order valence-electron chi connectivity index (χ1n) is 6.64. The number of H-pyrrole nitrogens is 1. The van der Waals surface area contributed by atoms with Crippen molar-refractivity contribution in [3.05, 3.63) is 60.0 Å². The predicted octanol–water partition coefficient (Wildman–Crippen LogP) is 4.04. The number of rotatable bonds is 3. The lowest BCUT2D eigenvalue weighted by Crippen LogP contribution is -2.09. The third-order valence-corrected chi connectivity index (χ3v) is 3.43. The van der Waals surface area contributed by atoms with Gasteiger partial charge in [0.15, 0.2) is 0 Å². The Hall–Kier alpha value is -2.13. The Morgan fingerprint density at radius 2 is 1.70 bits per heavy atom. The number of aromatic nitrogens is 1. The van der Waals surface area contributed by atoms with Crippen LogP contribution in [0.1, 0.15) is 5.56 Å². The molecule has 0 aliphatic rings. The monoisotopic (exact) mass is 268 g/mol. The number of hydrogen-bond acceptors (Lipinski definition) is 1. The van der Waals surface area contributed by atoms with E-state index in [4.69, 9.17) is 0 Å². The molecule has 0 radical (unpaired) electrons. The summed E-state index contributed by atoms with van der Waals surface area (Å²) >= 11 is 0. The van der Waals surface area contributed by atoms with Crippen LogP contribution in [0.2, 0.25) is 0 Å². The van der Waals surface area contributed by atoms with E-state index in [2.05, 4.69) is 48.4 Å². The molecule has 0 spiro atoms. The molecule has 0 unspecified atom stereocenters. The normalized spacial score (nSPS) is 11.4. The van der Waals surface area contributed by atoms with E-state index in [0.717, 1.165) is 23.2 Å². The second-order valence-corrected chi connectivity index (χ2v) is 5.32. The largest absolute Gasteiger partial charge is 0.361 e. The second kappa shape index (κ2) is 5.10. The van der Waals surface area contributed by atoms with Crippen molar-refractivity contribution in [3.8, 4) is 11.1 Å². The van der Waals surface area contributed by atoms with Crippen LogP contribution in [0.4, 0.5) is 4.39 Å². The SMILES string of the molecule is CN(C)Cc1c[nH]c2cc(-c3ccc(F)cc3)ccc12. The summed E-state index contributed by atoms with van der Waals surface area (Å²) in [6, 6.07) is 12.9. The fourth-order valence-electron chi connectivity index (χ4n) is 2.48. The molecule has 0 amide bonds. The standard InChI is InChI=1S/C17H17FN2/c1-20(2)11-14-10-19-17-9-13(5-8-16(14)17)12-3-6-15(18)7-4-12/h3-10,19H,11H2,1-2H3. The Kier molecular flexibility index (Phi) is 3.28. The van der Waals surface area contributed by atoms with Crippen LogP contribution in [0.15, 0.2) is 48.7 Å². The summed E-state index contributed by atoms with van der Waals surface area (Å²) in [5.41, 5.74) is 4.52. The highest BCUT2D eigenvalue weighted by atomic mass is 19.1. The highest BCUT2D eigenvalue weighted by Crippen LogP contribution is 2.26. The van der Waals surface area contributed by atoms with Gasteiger partial charge in [0, 0.05) is 23.6 Å². The van der Waals surface area contributed by atoms with Gasteiger partial charge >= 0.3 is 0 Å². The molecule has 3 heteroatoms. The van der Waals surface area contributed by atoms with Crippen LogP contribution >= 0.6 is 0 Å². The van der Waals surface area contributed by atoms with Crippen molar-refractivity contribution in [1.82, 2.24) is 9.88 Å². The zero-order chi connectivity index (χ0) is 14.1. The van der Waals surface area contributed by atoms with Gasteiger partial charge in [-0.3, -0.25) is 0 Å². The number of halogens is 1. The Morgan fingerprint density at radius 3 is 2.40 bits per heavy atom. The van der Waals surface area contributed by atoms with E-state index in [1.807, 2.05) is 0 Å². The van der Waals surface area contributed by atoms with E-state index in [-0.39, 0.29) is 5.82 Å². The smallest absolute Gasteiger partial charge is 0.123 e. The Labute approximate surface area is 117 Å². The van der Waals surface area contributed by atoms with Gasteiger partial charge in [-0.15, -0.1) is 0 Å². The third-order valence-electron chi connectivity index (χ3n) is 3.43. The predicted molar refractivity (Wildman–Crippen MR) is 81.1 cm³/mol. The molecular formula is C17H17FN2. The third kappa shape index (κ3) is 2.45. The van der Waals surface area contributed by atoms with Crippen molar-refractivity contribution >= 4 is 10.9 Å². The summed E-state index contributed by atoms with van der Waals surface area (Å²) in [6.45, 7) is 0.913. The van der Waals surface area contributed by atoms with Crippen molar-refractivity contribution in [1.29, 1.82) is 0 Å². The van der Waals surface area contributed by atoms with E-state index in [1.165, 1.54) is 23.1 Å². The van der Waals surface area contributed by atoms with Crippen molar-refractivity contribution in [2.75, 3.05) is 14.1 Å². The maximum atomic E-state index is 13.0. The molecule has 2 aromatic carbocycles. The minimum absolute atomic E-state index is 0.206. The molecule has 3 rings (SSSR count). The van der Waals surface area contributed by atoms with Crippen molar-refractivity contribution in [2.24, 2.45) is 0 Å². The number of nitrogens with one attached hydrogen (secondary N) is 1. The fourth-order valence-corrected chi connectivity index (χ4v) is 2.48. The molecule has 2 nitrogen and oxygen atoms in total. The average molecular weight is 268 g/mol. The summed E-state index contributed by atoms with van der Waals surface area (Å²) < 4.78 is 13.0. The average Bonchev–Trinajstić information content (AvgIpc) is 2.81. The highest BCUT2D eigenvalue weighted by Gasteiger charge is 2.06. The Bertz CT molecular complexity index is 726. The molecule has 0 aliphatic heterocycles. The molecule has 0 fully saturated rings. The second-order valence-electron chi connectivity index (χ2n) is 5.32. The zero-order valence-electron chi connectivity index (χ0n) is 11.7. The number of nitrogens with zero attached hydrogens (tertiary/aromatic N) is 1. The van der Waals surface area contributed by atoms with Crippen LogP contribution in [0, 0.1) is 5.82 Å². The quantitative estimate of drug-likeness (QED) is 0.759. The van der Waals surface area contributed by atoms with Gasteiger partial charge in [-0.1, -0.05) is 24.3 Å². The minimum atomic E-state index is -0.206. The summed E-state index contributed by atoms with van der Waals surface area (Å²) in [4.78, 5) is 5.46. The van der Waals surface area contributed by atoms with Crippen LogP contribution in [-0.2, 0) is 6.54 Å². The number of aromatic amines is 1. The van der Waals surface area contributed by atoms with E-state index in [0.29, 0.717) is 0 Å². The van der Waals surface area contributed by atoms with Crippen molar-refractivity contribution in [3.63, 3.8) is 0 Å². The van der Waals surface area contributed by atoms with Gasteiger partial charge in [0.1, 0.15) is 5.82 Å². The highest BCUT2D eigenvalue weighted by molar-refractivity contribution is 5.87. The summed E-state index contributed by atoms with van der Waals surface area (Å²) in [5.74, 6) is -0.206. The number of fused-ring (bicyclic) bond motifs is 1. The molecule has 3 aromatic rings. The molecule has 0 saturated heterocycles. The maximum absolute atomic E-state index is 13.0. The van der Waals surface area contributed by atoms with E-state index < -0.39 is 0 Å². The molecule has 0 bridgehead atoms. The molecule has 102 valence electrons.